The SMILES string of the molecule is C=CCCC(=O)CCO. The molecule has 0 saturated carbocycles. The number of carbonyl (C=O) groups is 1. The summed E-state index contributed by atoms with van der Waals surface area (Å²) in [5.74, 6) is 0.109. The van der Waals surface area contributed by atoms with E-state index in [0.29, 0.717) is 6.42 Å². The van der Waals surface area contributed by atoms with Crippen LogP contribution in [0.2, 0.25) is 0 Å². The molecule has 0 aliphatic carbocycles. The van der Waals surface area contributed by atoms with Gasteiger partial charge < -0.3 is 5.11 Å². The van der Waals surface area contributed by atoms with Gasteiger partial charge in [0.25, 0.3) is 0 Å². The Labute approximate surface area is 55.2 Å². The van der Waals surface area contributed by atoms with E-state index in [0.717, 1.165) is 6.42 Å². The van der Waals surface area contributed by atoms with E-state index in [1.165, 1.54) is 0 Å². The molecule has 0 bridgehead atoms. The highest BCUT2D eigenvalue weighted by atomic mass is 16.3. The minimum Gasteiger partial charge on any atom is -0.396 e. The molecular formula is C7H12O2. The van der Waals surface area contributed by atoms with Gasteiger partial charge in [0.2, 0.25) is 0 Å². The second-order valence-electron chi connectivity index (χ2n) is 1.84. The Hall–Kier alpha value is -0.630. The molecule has 0 radical (unpaired) electrons. The third kappa shape index (κ3) is 5.24. The van der Waals surface area contributed by atoms with Crippen LogP contribution in [0.25, 0.3) is 0 Å². The Kier molecular flexibility index (Phi) is 5.12. The molecule has 0 unspecified atom stereocenters. The predicted molar refractivity (Wildman–Crippen MR) is 36.1 cm³/mol. The van der Waals surface area contributed by atoms with Crippen molar-refractivity contribution in [2.24, 2.45) is 0 Å². The lowest BCUT2D eigenvalue weighted by Crippen LogP contribution is -1.99. The van der Waals surface area contributed by atoms with Gasteiger partial charge >= 0.3 is 0 Å². The summed E-state index contributed by atoms with van der Waals surface area (Å²) in [5.41, 5.74) is 0. The van der Waals surface area contributed by atoms with Crippen LogP contribution in [-0.2, 0) is 4.79 Å². The highest BCUT2D eigenvalue weighted by Gasteiger charge is 1.96. The summed E-state index contributed by atoms with van der Waals surface area (Å²) in [7, 11) is 0. The van der Waals surface area contributed by atoms with E-state index in [4.69, 9.17) is 5.11 Å². The summed E-state index contributed by atoms with van der Waals surface area (Å²) >= 11 is 0. The number of ketones is 1. The third-order valence-electron chi connectivity index (χ3n) is 1.02. The first-order valence-corrected chi connectivity index (χ1v) is 3.04. The van der Waals surface area contributed by atoms with Gasteiger partial charge in [0.1, 0.15) is 5.78 Å². The molecule has 1 N–H and O–H groups in total. The number of hydrogen-bond acceptors (Lipinski definition) is 2. The summed E-state index contributed by atoms with van der Waals surface area (Å²) in [6, 6.07) is 0. The van der Waals surface area contributed by atoms with Gasteiger partial charge in [-0.25, -0.2) is 0 Å². The summed E-state index contributed by atoms with van der Waals surface area (Å²) in [6.45, 7) is 3.45. The Bertz CT molecular complexity index is 97.1. The topological polar surface area (TPSA) is 37.3 Å². The average Bonchev–Trinajstić information content (AvgIpc) is 1.85. The van der Waals surface area contributed by atoms with Crippen molar-refractivity contribution >= 4 is 5.78 Å². The Morgan fingerprint density at radius 2 is 2.22 bits per heavy atom. The maximum absolute atomic E-state index is 10.6. The number of hydrogen-bond donors (Lipinski definition) is 1. The molecule has 0 aliphatic heterocycles. The van der Waals surface area contributed by atoms with E-state index in [2.05, 4.69) is 6.58 Å². The number of allylic oxidation sites excluding steroid dienone is 1. The van der Waals surface area contributed by atoms with Crippen molar-refractivity contribution in [3.63, 3.8) is 0 Å². The minimum atomic E-state index is -0.0318. The Balaban J connectivity index is 3.16. The second kappa shape index (κ2) is 5.51. The first-order valence-electron chi connectivity index (χ1n) is 3.04. The highest BCUT2D eigenvalue weighted by molar-refractivity contribution is 5.78. The fourth-order valence-electron chi connectivity index (χ4n) is 0.513. The molecule has 0 heterocycles. The molecule has 0 amide bonds. The maximum Gasteiger partial charge on any atom is 0.135 e. The summed E-state index contributed by atoms with van der Waals surface area (Å²) in [5, 5.41) is 8.29. The van der Waals surface area contributed by atoms with E-state index in [1.807, 2.05) is 0 Å². The molecule has 0 rings (SSSR count). The zero-order chi connectivity index (χ0) is 7.11. The first kappa shape index (κ1) is 8.37. The van der Waals surface area contributed by atoms with Crippen molar-refractivity contribution in [2.75, 3.05) is 6.61 Å². The molecule has 0 aliphatic rings. The van der Waals surface area contributed by atoms with Crippen LogP contribution in [0.15, 0.2) is 12.7 Å². The lowest BCUT2D eigenvalue weighted by atomic mass is 10.2. The zero-order valence-electron chi connectivity index (χ0n) is 5.47. The number of Topliss-reactive ketones (excluding diaryl/α,β-unsaturated/α-hetero) is 1. The standard InChI is InChI=1S/C7H12O2/c1-2-3-4-7(9)5-6-8/h2,8H,1,3-6H2. The number of aliphatic hydroxyl groups is 1. The number of rotatable bonds is 5. The molecule has 0 aromatic carbocycles. The second-order valence-corrected chi connectivity index (χ2v) is 1.84. The molecule has 2 nitrogen and oxygen atoms in total. The average molecular weight is 128 g/mol. The molecule has 0 spiro atoms. The quantitative estimate of drug-likeness (QED) is 0.558. The monoisotopic (exact) mass is 128 g/mol. The summed E-state index contributed by atoms with van der Waals surface area (Å²) in [4.78, 5) is 10.6. The molecule has 0 aromatic heterocycles. The van der Waals surface area contributed by atoms with Gasteiger partial charge in [-0.1, -0.05) is 6.08 Å². The number of aliphatic hydroxyl groups excluding tert-OH is 1. The van der Waals surface area contributed by atoms with E-state index < -0.39 is 0 Å². The van der Waals surface area contributed by atoms with Crippen LogP contribution in [0.5, 0.6) is 0 Å². The van der Waals surface area contributed by atoms with Gasteiger partial charge in [0, 0.05) is 19.4 Å². The normalized spacial score (nSPS) is 9.00. The lowest BCUT2D eigenvalue weighted by molar-refractivity contribution is -0.119. The summed E-state index contributed by atoms with van der Waals surface area (Å²) < 4.78 is 0. The Morgan fingerprint density at radius 1 is 1.56 bits per heavy atom. The Morgan fingerprint density at radius 3 is 2.67 bits per heavy atom. The van der Waals surface area contributed by atoms with Crippen molar-refractivity contribution in [3.8, 4) is 0 Å². The molecule has 9 heavy (non-hydrogen) atoms. The fourth-order valence-corrected chi connectivity index (χ4v) is 0.513. The van der Waals surface area contributed by atoms with Crippen molar-refractivity contribution < 1.29 is 9.90 Å². The van der Waals surface area contributed by atoms with Crippen molar-refractivity contribution in [1.82, 2.24) is 0 Å². The van der Waals surface area contributed by atoms with Gasteiger partial charge in [0.15, 0.2) is 0 Å². The lowest BCUT2D eigenvalue weighted by Gasteiger charge is -1.91. The molecular weight excluding hydrogens is 116 g/mol. The molecule has 52 valence electrons. The molecule has 0 saturated heterocycles. The minimum absolute atomic E-state index is 0.0318. The molecule has 2 heteroatoms. The maximum atomic E-state index is 10.6. The van der Waals surface area contributed by atoms with Crippen LogP contribution < -0.4 is 0 Å². The van der Waals surface area contributed by atoms with Crippen molar-refractivity contribution in [2.45, 2.75) is 19.3 Å². The van der Waals surface area contributed by atoms with Gasteiger partial charge in [0.05, 0.1) is 0 Å². The van der Waals surface area contributed by atoms with Gasteiger partial charge in [-0.3, -0.25) is 4.79 Å². The van der Waals surface area contributed by atoms with E-state index >= 15 is 0 Å². The smallest absolute Gasteiger partial charge is 0.135 e. The van der Waals surface area contributed by atoms with Crippen LogP contribution in [0.1, 0.15) is 19.3 Å². The largest absolute Gasteiger partial charge is 0.396 e. The van der Waals surface area contributed by atoms with E-state index in [-0.39, 0.29) is 18.8 Å². The van der Waals surface area contributed by atoms with Crippen molar-refractivity contribution in [1.29, 1.82) is 0 Å². The van der Waals surface area contributed by atoms with Crippen LogP contribution in [0.3, 0.4) is 0 Å². The van der Waals surface area contributed by atoms with Crippen LogP contribution in [0.4, 0.5) is 0 Å². The molecule has 0 aromatic rings. The van der Waals surface area contributed by atoms with Crippen LogP contribution >= 0.6 is 0 Å². The van der Waals surface area contributed by atoms with Gasteiger partial charge in [-0.05, 0) is 6.42 Å². The highest BCUT2D eigenvalue weighted by Crippen LogP contribution is 1.93. The number of carbonyl (C=O) groups excluding carboxylic acids is 1. The van der Waals surface area contributed by atoms with Crippen LogP contribution in [0, 0.1) is 0 Å². The van der Waals surface area contributed by atoms with Crippen molar-refractivity contribution in [3.05, 3.63) is 12.7 Å². The zero-order valence-corrected chi connectivity index (χ0v) is 5.47. The van der Waals surface area contributed by atoms with Gasteiger partial charge in [-0.2, -0.15) is 0 Å². The summed E-state index contributed by atoms with van der Waals surface area (Å²) in [6.07, 6.45) is 3.23. The first-order chi connectivity index (χ1) is 4.31. The van der Waals surface area contributed by atoms with E-state index in [1.54, 1.807) is 6.08 Å². The predicted octanol–water partition coefficient (Wildman–Crippen LogP) is 0.904. The van der Waals surface area contributed by atoms with E-state index in [9.17, 15) is 4.79 Å². The van der Waals surface area contributed by atoms with Gasteiger partial charge in [-0.15, -0.1) is 6.58 Å². The molecule has 0 atom stereocenters. The van der Waals surface area contributed by atoms with Crippen LogP contribution in [-0.4, -0.2) is 17.5 Å². The third-order valence-corrected chi connectivity index (χ3v) is 1.02. The molecule has 0 fully saturated rings. The fraction of sp³-hybridized carbons (Fsp3) is 0.571.